The number of benzene rings is 1. The van der Waals surface area contributed by atoms with E-state index in [1.165, 1.54) is 6.07 Å². The third kappa shape index (κ3) is 3.08. The summed E-state index contributed by atoms with van der Waals surface area (Å²) in [5.74, 6) is 0.607. The minimum absolute atomic E-state index is 0.0872. The summed E-state index contributed by atoms with van der Waals surface area (Å²) in [5.41, 5.74) is 1.43. The maximum atomic E-state index is 13.7. The zero-order valence-electron chi connectivity index (χ0n) is 11.8. The molecule has 1 unspecified atom stereocenters. The summed E-state index contributed by atoms with van der Waals surface area (Å²) in [5, 5.41) is 0.0872. The van der Waals surface area contributed by atoms with E-state index in [9.17, 15) is 4.39 Å². The fourth-order valence-electron chi connectivity index (χ4n) is 2.30. The van der Waals surface area contributed by atoms with Gasteiger partial charge >= 0.3 is 0 Å². The Bertz CT molecular complexity index is 610. The van der Waals surface area contributed by atoms with Gasteiger partial charge in [-0.1, -0.05) is 11.6 Å². The van der Waals surface area contributed by atoms with Crippen molar-refractivity contribution in [2.75, 3.05) is 20.6 Å². The molecule has 2 aromatic rings. The molecular formula is C14H18Cl2FN3. The van der Waals surface area contributed by atoms with E-state index in [2.05, 4.69) is 16.8 Å². The topological polar surface area (TPSA) is 21.1 Å². The zero-order chi connectivity index (χ0) is 14.9. The van der Waals surface area contributed by atoms with E-state index in [0.717, 1.165) is 24.3 Å². The summed E-state index contributed by atoms with van der Waals surface area (Å²) < 4.78 is 15.7. The fourth-order valence-corrected chi connectivity index (χ4v) is 2.65. The second kappa shape index (κ2) is 6.29. The molecule has 110 valence electrons. The Kier molecular flexibility index (Phi) is 4.89. The Balaban J connectivity index is 2.46. The molecule has 6 heteroatoms. The molecule has 0 aliphatic carbocycles. The number of halogens is 3. The molecule has 0 amide bonds. The quantitative estimate of drug-likeness (QED) is 0.775. The molecule has 0 fully saturated rings. The molecule has 1 atom stereocenters. The summed E-state index contributed by atoms with van der Waals surface area (Å²) in [7, 11) is 4.06. The van der Waals surface area contributed by atoms with Gasteiger partial charge in [-0.15, -0.1) is 11.6 Å². The van der Waals surface area contributed by atoms with E-state index in [4.69, 9.17) is 23.2 Å². The Morgan fingerprint density at radius 2 is 2.10 bits per heavy atom. The van der Waals surface area contributed by atoms with Crippen LogP contribution in [0.3, 0.4) is 0 Å². The van der Waals surface area contributed by atoms with Crippen LogP contribution in [0.1, 0.15) is 25.2 Å². The van der Waals surface area contributed by atoms with Crippen molar-refractivity contribution >= 4 is 34.2 Å². The zero-order valence-corrected chi connectivity index (χ0v) is 13.3. The number of rotatable bonds is 5. The highest BCUT2D eigenvalue weighted by Crippen LogP contribution is 2.28. The van der Waals surface area contributed by atoms with Gasteiger partial charge in [0.05, 0.1) is 21.9 Å². The average Bonchev–Trinajstić information content (AvgIpc) is 2.74. The maximum absolute atomic E-state index is 13.7. The van der Waals surface area contributed by atoms with Gasteiger partial charge in [-0.2, -0.15) is 0 Å². The van der Waals surface area contributed by atoms with Crippen LogP contribution < -0.4 is 0 Å². The van der Waals surface area contributed by atoms with Crippen molar-refractivity contribution in [3.05, 3.63) is 28.8 Å². The number of imidazole rings is 1. The summed E-state index contributed by atoms with van der Waals surface area (Å²) >= 11 is 11.8. The van der Waals surface area contributed by atoms with E-state index < -0.39 is 5.82 Å². The van der Waals surface area contributed by atoms with Gasteiger partial charge in [0.15, 0.2) is 0 Å². The van der Waals surface area contributed by atoms with Crippen LogP contribution in [-0.2, 0) is 5.88 Å². The molecule has 2 rings (SSSR count). The minimum Gasteiger partial charge on any atom is -0.324 e. The summed E-state index contributed by atoms with van der Waals surface area (Å²) in [6, 6.07) is 3.18. The number of aromatic nitrogens is 2. The standard InChI is InChI=1S/C14H18Cl2FN3/c1-9(4-5-19(2)3)20-13-7-11(17)10(16)6-12(13)18-14(20)8-15/h6-7,9H,4-5,8H2,1-3H3. The van der Waals surface area contributed by atoms with Gasteiger partial charge in [0.2, 0.25) is 0 Å². The maximum Gasteiger partial charge on any atom is 0.144 e. The molecule has 0 aliphatic heterocycles. The largest absolute Gasteiger partial charge is 0.324 e. The van der Waals surface area contributed by atoms with Crippen molar-refractivity contribution in [3.63, 3.8) is 0 Å². The fraction of sp³-hybridized carbons (Fsp3) is 0.500. The van der Waals surface area contributed by atoms with Crippen molar-refractivity contribution in [2.24, 2.45) is 0 Å². The number of hydrogen-bond acceptors (Lipinski definition) is 2. The van der Waals surface area contributed by atoms with E-state index in [1.54, 1.807) is 6.07 Å². The SMILES string of the molecule is CC(CCN(C)C)n1c(CCl)nc2cc(Cl)c(F)cc21. The average molecular weight is 318 g/mol. The van der Waals surface area contributed by atoms with E-state index >= 15 is 0 Å². The highest BCUT2D eigenvalue weighted by atomic mass is 35.5. The molecule has 0 N–H and O–H groups in total. The normalized spacial score (nSPS) is 13.3. The minimum atomic E-state index is -0.429. The Hall–Kier alpha value is -0.840. The van der Waals surface area contributed by atoms with Gasteiger partial charge < -0.3 is 9.47 Å². The Morgan fingerprint density at radius 1 is 1.40 bits per heavy atom. The van der Waals surface area contributed by atoms with Crippen LogP contribution in [0.2, 0.25) is 5.02 Å². The van der Waals surface area contributed by atoms with Crippen LogP contribution in [0.4, 0.5) is 4.39 Å². The van der Waals surface area contributed by atoms with Gasteiger partial charge in [0.1, 0.15) is 11.6 Å². The molecule has 3 nitrogen and oxygen atoms in total. The molecule has 0 spiro atoms. The van der Waals surface area contributed by atoms with Crippen LogP contribution in [-0.4, -0.2) is 35.1 Å². The number of nitrogens with zero attached hydrogens (tertiary/aromatic N) is 3. The van der Waals surface area contributed by atoms with Crippen molar-refractivity contribution in [1.29, 1.82) is 0 Å². The van der Waals surface area contributed by atoms with Crippen molar-refractivity contribution < 1.29 is 4.39 Å². The number of alkyl halides is 1. The Morgan fingerprint density at radius 3 is 2.70 bits per heavy atom. The Labute approximate surface area is 128 Å². The van der Waals surface area contributed by atoms with Crippen molar-refractivity contribution in [3.8, 4) is 0 Å². The molecule has 0 bridgehead atoms. The van der Waals surface area contributed by atoms with E-state index in [-0.39, 0.29) is 11.1 Å². The first kappa shape index (κ1) is 15.5. The van der Waals surface area contributed by atoms with E-state index in [0.29, 0.717) is 11.4 Å². The lowest BCUT2D eigenvalue weighted by atomic mass is 10.2. The van der Waals surface area contributed by atoms with Gasteiger partial charge in [0, 0.05) is 12.1 Å². The van der Waals surface area contributed by atoms with Crippen LogP contribution in [0.5, 0.6) is 0 Å². The predicted molar refractivity (Wildman–Crippen MR) is 82.1 cm³/mol. The van der Waals surface area contributed by atoms with Crippen molar-refractivity contribution in [2.45, 2.75) is 25.3 Å². The number of fused-ring (bicyclic) bond motifs is 1. The van der Waals surface area contributed by atoms with Crippen LogP contribution in [0, 0.1) is 5.82 Å². The number of hydrogen-bond donors (Lipinski definition) is 0. The lowest BCUT2D eigenvalue weighted by Crippen LogP contribution is -2.18. The van der Waals surface area contributed by atoms with Gasteiger partial charge in [-0.05, 0) is 40.1 Å². The third-order valence-electron chi connectivity index (χ3n) is 3.36. The smallest absolute Gasteiger partial charge is 0.144 e. The van der Waals surface area contributed by atoms with Crippen LogP contribution in [0.15, 0.2) is 12.1 Å². The highest BCUT2D eigenvalue weighted by Gasteiger charge is 2.17. The third-order valence-corrected chi connectivity index (χ3v) is 3.89. The van der Waals surface area contributed by atoms with Gasteiger partial charge in [-0.3, -0.25) is 0 Å². The molecule has 0 saturated carbocycles. The molecule has 1 aromatic carbocycles. The van der Waals surface area contributed by atoms with Crippen LogP contribution >= 0.6 is 23.2 Å². The molecule has 0 saturated heterocycles. The molecule has 1 heterocycles. The van der Waals surface area contributed by atoms with Gasteiger partial charge in [0.25, 0.3) is 0 Å². The summed E-state index contributed by atoms with van der Waals surface area (Å²) in [6.07, 6.45) is 0.937. The molecular weight excluding hydrogens is 300 g/mol. The first-order chi connectivity index (χ1) is 9.43. The van der Waals surface area contributed by atoms with Crippen molar-refractivity contribution in [1.82, 2.24) is 14.5 Å². The monoisotopic (exact) mass is 317 g/mol. The molecule has 0 radical (unpaired) electrons. The first-order valence-electron chi connectivity index (χ1n) is 6.50. The second-order valence-electron chi connectivity index (χ2n) is 5.23. The predicted octanol–water partition coefficient (Wildman–Crippen LogP) is 4.08. The first-order valence-corrected chi connectivity index (χ1v) is 7.41. The summed E-state index contributed by atoms with van der Waals surface area (Å²) in [6.45, 7) is 3.03. The van der Waals surface area contributed by atoms with Crippen LogP contribution in [0.25, 0.3) is 11.0 Å². The highest BCUT2D eigenvalue weighted by molar-refractivity contribution is 6.31. The lowest BCUT2D eigenvalue weighted by molar-refractivity contribution is 0.358. The molecule has 1 aromatic heterocycles. The second-order valence-corrected chi connectivity index (χ2v) is 5.90. The van der Waals surface area contributed by atoms with E-state index in [1.807, 2.05) is 18.7 Å². The molecule has 0 aliphatic rings. The lowest BCUT2D eigenvalue weighted by Gasteiger charge is -2.19. The summed E-state index contributed by atoms with van der Waals surface area (Å²) in [4.78, 5) is 6.57. The van der Waals surface area contributed by atoms with Gasteiger partial charge in [-0.25, -0.2) is 9.37 Å². The molecule has 20 heavy (non-hydrogen) atoms.